The molecule has 0 aromatic heterocycles. The molecule has 0 aliphatic carbocycles. The maximum absolute atomic E-state index is 12.9. The van der Waals surface area contributed by atoms with E-state index in [0.717, 1.165) is 83.5 Å². The fourth-order valence-electron chi connectivity index (χ4n) is 7.40. The third kappa shape index (κ3) is 54.4. The Balaban J connectivity index is 4.43. The number of carbonyl (C=O) groups excluding carboxylic acids is 1. The van der Waals surface area contributed by atoms with Crippen molar-refractivity contribution in [3.8, 4) is 0 Å². The molecule has 3 atom stereocenters. The molecular formula is C63H107N2O6P. The molecule has 9 heteroatoms. The number of likely N-dealkylation sites (N-methyl/N-ethyl adjacent to an activating group) is 1. The number of quaternary nitrogens is 1. The number of rotatable bonds is 50. The van der Waals surface area contributed by atoms with E-state index in [9.17, 15) is 19.4 Å². The molecule has 0 heterocycles. The van der Waals surface area contributed by atoms with Crippen molar-refractivity contribution in [1.82, 2.24) is 5.32 Å². The van der Waals surface area contributed by atoms with Crippen LogP contribution in [0.3, 0.4) is 0 Å². The largest absolute Gasteiger partial charge is 0.756 e. The van der Waals surface area contributed by atoms with Gasteiger partial charge in [-0.1, -0.05) is 237 Å². The molecule has 0 aromatic rings. The molecule has 72 heavy (non-hydrogen) atoms. The molecule has 0 rings (SSSR count). The maximum Gasteiger partial charge on any atom is 0.268 e. The van der Waals surface area contributed by atoms with Crippen LogP contribution in [0.15, 0.2) is 134 Å². The van der Waals surface area contributed by atoms with Crippen molar-refractivity contribution in [1.29, 1.82) is 0 Å². The number of aliphatic hydroxyl groups is 1. The molecule has 1 amide bonds. The third-order valence-corrected chi connectivity index (χ3v) is 12.8. The number of nitrogens with one attached hydrogen (secondary N) is 1. The zero-order valence-electron chi connectivity index (χ0n) is 46.6. The first kappa shape index (κ1) is 68.6. The molecule has 0 spiro atoms. The quantitative estimate of drug-likeness (QED) is 0.0272. The number of nitrogens with zero attached hydrogens (tertiary/aromatic N) is 1. The van der Waals surface area contributed by atoms with Crippen molar-refractivity contribution in [2.75, 3.05) is 40.9 Å². The summed E-state index contributed by atoms with van der Waals surface area (Å²) in [5, 5.41) is 13.8. The second kappa shape index (κ2) is 52.5. The van der Waals surface area contributed by atoms with E-state index in [1.165, 1.54) is 96.3 Å². The molecule has 0 fully saturated rings. The Kier molecular flexibility index (Phi) is 50.1. The van der Waals surface area contributed by atoms with Gasteiger partial charge in [-0.05, 0) is 96.3 Å². The van der Waals surface area contributed by atoms with E-state index in [1.807, 2.05) is 27.2 Å². The fraction of sp³-hybridized carbons (Fsp3) is 0.635. The van der Waals surface area contributed by atoms with Crippen LogP contribution in [0, 0.1) is 0 Å². The summed E-state index contributed by atoms with van der Waals surface area (Å²) in [7, 11) is 1.19. The third-order valence-electron chi connectivity index (χ3n) is 11.8. The summed E-state index contributed by atoms with van der Waals surface area (Å²) >= 11 is 0. The minimum Gasteiger partial charge on any atom is -0.756 e. The molecule has 0 saturated carbocycles. The molecule has 3 unspecified atom stereocenters. The van der Waals surface area contributed by atoms with E-state index in [0.29, 0.717) is 17.4 Å². The molecular weight excluding hydrogens is 912 g/mol. The Morgan fingerprint density at radius 1 is 0.500 bits per heavy atom. The van der Waals surface area contributed by atoms with Crippen LogP contribution in [-0.2, 0) is 18.4 Å². The van der Waals surface area contributed by atoms with E-state index in [1.54, 1.807) is 6.08 Å². The lowest BCUT2D eigenvalue weighted by molar-refractivity contribution is -0.870. The first-order valence-corrected chi connectivity index (χ1v) is 30.0. The highest BCUT2D eigenvalue weighted by Crippen LogP contribution is 2.38. The lowest BCUT2D eigenvalue weighted by Gasteiger charge is -2.29. The molecule has 0 aliphatic rings. The highest BCUT2D eigenvalue weighted by Gasteiger charge is 2.23. The number of phosphoric acid groups is 1. The summed E-state index contributed by atoms with van der Waals surface area (Å²) in [6.07, 6.45) is 79.6. The number of amides is 1. The minimum absolute atomic E-state index is 0.0250. The van der Waals surface area contributed by atoms with Gasteiger partial charge in [0.2, 0.25) is 5.91 Å². The van der Waals surface area contributed by atoms with Crippen molar-refractivity contribution in [3.63, 3.8) is 0 Å². The second-order valence-corrected chi connectivity index (χ2v) is 21.3. The highest BCUT2D eigenvalue weighted by molar-refractivity contribution is 7.45. The Hall–Kier alpha value is -3.36. The van der Waals surface area contributed by atoms with Crippen molar-refractivity contribution in [2.24, 2.45) is 0 Å². The predicted octanol–water partition coefficient (Wildman–Crippen LogP) is 16.9. The summed E-state index contributed by atoms with van der Waals surface area (Å²) in [4.78, 5) is 25.5. The molecule has 2 N–H and O–H groups in total. The smallest absolute Gasteiger partial charge is 0.268 e. The molecule has 8 nitrogen and oxygen atoms in total. The minimum atomic E-state index is -4.63. The zero-order chi connectivity index (χ0) is 52.7. The molecule has 0 radical (unpaired) electrons. The van der Waals surface area contributed by atoms with Crippen LogP contribution in [0.25, 0.3) is 0 Å². The molecule has 0 aliphatic heterocycles. The SMILES string of the molecule is CC/C=C\C/C=C\C/C=C\C/C=C\C/C=C\C/C=C\C/C=C\C/C=C\C/C=C\CCCC(=O)NC(COP(=O)([O-])OCC[N+](C)(C)C)C(O)/C=C/CC/C=C/CCCCCCCCCCCCCCCCC. The number of unbranched alkanes of at least 4 members (excludes halogenated alkanes) is 17. The number of hydrogen-bond donors (Lipinski definition) is 2. The number of aliphatic hydroxyl groups excluding tert-OH is 1. The Bertz CT molecular complexity index is 1630. The zero-order valence-corrected chi connectivity index (χ0v) is 47.5. The van der Waals surface area contributed by atoms with E-state index < -0.39 is 26.6 Å². The summed E-state index contributed by atoms with van der Waals surface area (Å²) in [6, 6.07) is -0.945. The Morgan fingerprint density at radius 3 is 1.29 bits per heavy atom. The normalized spacial score (nSPS) is 14.9. The van der Waals surface area contributed by atoms with Gasteiger partial charge in [0.15, 0.2) is 0 Å². The Labute approximate surface area is 443 Å². The molecule has 0 saturated heterocycles. The van der Waals surface area contributed by atoms with Gasteiger partial charge in [0.05, 0.1) is 39.9 Å². The number of carbonyl (C=O) groups is 1. The van der Waals surface area contributed by atoms with Crippen LogP contribution in [0.4, 0.5) is 0 Å². The number of phosphoric ester groups is 1. The van der Waals surface area contributed by atoms with Crippen LogP contribution < -0.4 is 10.2 Å². The van der Waals surface area contributed by atoms with Crippen LogP contribution in [-0.4, -0.2) is 68.5 Å². The first-order valence-electron chi connectivity index (χ1n) is 28.5. The van der Waals surface area contributed by atoms with Gasteiger partial charge >= 0.3 is 0 Å². The second-order valence-electron chi connectivity index (χ2n) is 19.9. The van der Waals surface area contributed by atoms with Gasteiger partial charge in [-0.3, -0.25) is 9.36 Å². The summed E-state index contributed by atoms with van der Waals surface area (Å²) in [5.41, 5.74) is 0. The van der Waals surface area contributed by atoms with Gasteiger partial charge in [0, 0.05) is 6.42 Å². The van der Waals surface area contributed by atoms with E-state index >= 15 is 0 Å². The first-order chi connectivity index (χ1) is 35.0. The standard InChI is InChI=1S/C63H107N2O6P/c1-6-8-10-12-14-16-18-20-22-24-26-28-29-30-31-32-33-34-35-37-39-41-43-45-47-49-51-53-55-57-63(67)64-61(60-71-72(68,69)70-59-58-65(3,4)5)62(66)56-54-52-50-48-46-44-42-40-38-36-27-25-23-21-19-17-15-13-11-9-7-2/h8,10,14,16,20,22,26,28,30-31,33-34,37,39,43,45-46,48-49,51,54,56,61-62,66H,6-7,9,11-13,15,17-19,21,23-25,27,29,32,35-36,38,40-42,44,47,50,52-53,55,57-60H2,1-5H3,(H-,64,67,68,69)/b10-8-,16-14-,22-20-,28-26-,31-30-,34-33-,39-37-,45-43-,48-46+,51-49-,56-54+. The molecule has 0 bridgehead atoms. The fourth-order valence-corrected chi connectivity index (χ4v) is 8.13. The lowest BCUT2D eigenvalue weighted by atomic mass is 10.0. The van der Waals surface area contributed by atoms with Crippen LogP contribution in [0.2, 0.25) is 0 Å². The average Bonchev–Trinajstić information content (AvgIpc) is 3.34. The monoisotopic (exact) mass is 1020 g/mol. The Morgan fingerprint density at radius 2 is 0.861 bits per heavy atom. The lowest BCUT2D eigenvalue weighted by Crippen LogP contribution is -2.45. The van der Waals surface area contributed by atoms with Crippen molar-refractivity contribution < 1.29 is 32.9 Å². The highest BCUT2D eigenvalue weighted by atomic mass is 31.2. The molecule has 410 valence electrons. The van der Waals surface area contributed by atoms with Crippen molar-refractivity contribution >= 4 is 13.7 Å². The summed E-state index contributed by atoms with van der Waals surface area (Å²) < 4.78 is 23.3. The van der Waals surface area contributed by atoms with Gasteiger partial charge in [-0.15, -0.1) is 0 Å². The van der Waals surface area contributed by atoms with Crippen LogP contribution >= 0.6 is 7.82 Å². The topological polar surface area (TPSA) is 108 Å². The van der Waals surface area contributed by atoms with E-state index in [4.69, 9.17) is 9.05 Å². The summed E-state index contributed by atoms with van der Waals surface area (Å²) in [6.45, 7) is 4.46. The van der Waals surface area contributed by atoms with Gasteiger partial charge in [0.25, 0.3) is 7.82 Å². The van der Waals surface area contributed by atoms with E-state index in [2.05, 4.69) is 141 Å². The number of allylic oxidation sites excluding steroid dienone is 21. The van der Waals surface area contributed by atoms with Gasteiger partial charge in [0.1, 0.15) is 13.2 Å². The number of hydrogen-bond acceptors (Lipinski definition) is 6. The van der Waals surface area contributed by atoms with Gasteiger partial charge in [-0.25, -0.2) is 0 Å². The maximum atomic E-state index is 12.9. The van der Waals surface area contributed by atoms with Crippen molar-refractivity contribution in [3.05, 3.63) is 134 Å². The molecule has 0 aromatic carbocycles. The van der Waals surface area contributed by atoms with Crippen molar-refractivity contribution in [2.45, 2.75) is 219 Å². The predicted molar refractivity (Wildman–Crippen MR) is 311 cm³/mol. The van der Waals surface area contributed by atoms with E-state index in [-0.39, 0.29) is 18.9 Å². The van der Waals surface area contributed by atoms with Gasteiger partial charge in [-0.2, -0.15) is 0 Å². The van der Waals surface area contributed by atoms with Gasteiger partial charge < -0.3 is 28.8 Å². The van der Waals surface area contributed by atoms with Crippen LogP contribution in [0.1, 0.15) is 206 Å². The average molecular weight is 1020 g/mol. The summed E-state index contributed by atoms with van der Waals surface area (Å²) in [5.74, 6) is -0.270. The van der Waals surface area contributed by atoms with Crippen LogP contribution in [0.5, 0.6) is 0 Å².